The second-order valence-corrected chi connectivity index (χ2v) is 4.67. The number of nitrogens with zero attached hydrogens (tertiary/aromatic N) is 2. The Labute approximate surface area is 116 Å². The summed E-state index contributed by atoms with van der Waals surface area (Å²) in [7, 11) is 0. The molecule has 4 heteroatoms. The number of carbonyl (C=O) groups excluding carboxylic acids is 1. The van der Waals surface area contributed by atoms with Gasteiger partial charge in [-0.05, 0) is 10.4 Å². The lowest BCUT2D eigenvalue weighted by atomic mass is 10.2. The van der Waals surface area contributed by atoms with Crippen molar-refractivity contribution in [1.29, 1.82) is 0 Å². The van der Waals surface area contributed by atoms with Crippen LogP contribution in [0.15, 0.2) is 30.3 Å². The summed E-state index contributed by atoms with van der Waals surface area (Å²) in [6.07, 6.45) is 0. The van der Waals surface area contributed by atoms with Gasteiger partial charge in [-0.15, -0.1) is 0 Å². The number of rotatable bonds is 2. The van der Waals surface area contributed by atoms with E-state index >= 15 is 0 Å². The van der Waals surface area contributed by atoms with Crippen LogP contribution in [0, 0.1) is 10.8 Å². The van der Waals surface area contributed by atoms with Crippen LogP contribution in [-0.2, 0) is 11.3 Å². The molecule has 3 nitrogen and oxygen atoms in total. The predicted octanol–water partition coefficient (Wildman–Crippen LogP) is 1.69. The van der Waals surface area contributed by atoms with Crippen molar-refractivity contribution in [3.63, 3.8) is 0 Å². The molecule has 1 fully saturated rings. The second-order valence-electron chi connectivity index (χ2n) is 4.27. The Hall–Kier alpha value is -1.31. The number of halogens is 1. The summed E-state index contributed by atoms with van der Waals surface area (Å²) in [5.41, 5.74) is 1.32. The molecule has 0 N–H and O–H groups in total. The molecule has 94 valence electrons. The van der Waals surface area contributed by atoms with Gasteiger partial charge in [-0.3, -0.25) is 9.69 Å². The van der Waals surface area contributed by atoms with Gasteiger partial charge >= 0.3 is 0 Å². The first kappa shape index (κ1) is 13.1. The summed E-state index contributed by atoms with van der Waals surface area (Å²) < 4.78 is 0. The highest BCUT2D eigenvalue weighted by molar-refractivity contribution is 9.12. The molecule has 18 heavy (non-hydrogen) atoms. The van der Waals surface area contributed by atoms with E-state index < -0.39 is 0 Å². The van der Waals surface area contributed by atoms with Crippen molar-refractivity contribution in [1.82, 2.24) is 9.80 Å². The lowest BCUT2D eigenvalue weighted by Crippen LogP contribution is -2.47. The second kappa shape index (κ2) is 6.58. The van der Waals surface area contributed by atoms with Gasteiger partial charge in [0.15, 0.2) is 0 Å². The molecule has 0 aliphatic carbocycles. The summed E-state index contributed by atoms with van der Waals surface area (Å²) in [6, 6.07) is 10.4. The predicted molar refractivity (Wildman–Crippen MR) is 75.0 cm³/mol. The first-order chi connectivity index (χ1) is 8.79. The summed E-state index contributed by atoms with van der Waals surface area (Å²) in [4.78, 5) is 18.2. The fraction of sp³-hybridized carbons (Fsp3) is 0.357. The average molecular weight is 307 g/mol. The van der Waals surface area contributed by atoms with Crippen molar-refractivity contribution in [2.45, 2.75) is 6.54 Å². The maximum absolute atomic E-state index is 11.6. The Kier molecular flexibility index (Phi) is 4.80. The minimum Gasteiger partial charge on any atom is -0.329 e. The molecule has 0 bridgehead atoms. The number of hydrogen-bond acceptors (Lipinski definition) is 2. The van der Waals surface area contributed by atoms with Crippen LogP contribution < -0.4 is 0 Å². The lowest BCUT2D eigenvalue weighted by Gasteiger charge is -2.33. The van der Waals surface area contributed by atoms with Gasteiger partial charge in [-0.25, -0.2) is 0 Å². The third-order valence-corrected chi connectivity index (χ3v) is 3.26. The van der Waals surface area contributed by atoms with Crippen molar-refractivity contribution in [2.75, 3.05) is 26.2 Å². The third-order valence-electron chi connectivity index (χ3n) is 3.06. The molecule has 1 aromatic carbocycles. The molecular weight excluding hydrogens is 292 g/mol. The highest BCUT2D eigenvalue weighted by Gasteiger charge is 2.19. The van der Waals surface area contributed by atoms with E-state index in [9.17, 15) is 4.79 Å². The smallest absolute Gasteiger partial charge is 0.299 e. The van der Waals surface area contributed by atoms with Gasteiger partial charge in [0.25, 0.3) is 5.91 Å². The Balaban J connectivity index is 1.83. The van der Waals surface area contributed by atoms with Crippen molar-refractivity contribution in [3.8, 4) is 10.8 Å². The van der Waals surface area contributed by atoms with Gasteiger partial charge in [0.05, 0.1) is 0 Å². The maximum atomic E-state index is 11.6. The van der Waals surface area contributed by atoms with Crippen LogP contribution in [0.4, 0.5) is 0 Å². The summed E-state index contributed by atoms with van der Waals surface area (Å²) >= 11 is 2.95. The molecule has 1 aliphatic heterocycles. The molecule has 1 amide bonds. The summed E-state index contributed by atoms with van der Waals surface area (Å²) in [6.45, 7) is 4.28. The highest BCUT2D eigenvalue weighted by Crippen LogP contribution is 2.08. The topological polar surface area (TPSA) is 23.6 Å². The Bertz CT molecular complexity index is 456. The molecule has 1 heterocycles. The third kappa shape index (κ3) is 3.59. The zero-order valence-corrected chi connectivity index (χ0v) is 11.7. The molecule has 0 atom stereocenters. The lowest BCUT2D eigenvalue weighted by molar-refractivity contribution is -0.126. The molecule has 0 saturated carbocycles. The highest BCUT2D eigenvalue weighted by atomic mass is 79.9. The number of amides is 1. The molecule has 1 aliphatic rings. The first-order valence-electron chi connectivity index (χ1n) is 5.96. The van der Waals surface area contributed by atoms with Crippen molar-refractivity contribution in [2.24, 2.45) is 0 Å². The molecule has 0 unspecified atom stereocenters. The molecule has 2 rings (SSSR count). The maximum Gasteiger partial charge on any atom is 0.299 e. The van der Waals surface area contributed by atoms with E-state index in [4.69, 9.17) is 0 Å². The van der Waals surface area contributed by atoms with Crippen LogP contribution >= 0.6 is 15.9 Å². The van der Waals surface area contributed by atoms with Crippen molar-refractivity contribution >= 4 is 21.8 Å². The fourth-order valence-electron chi connectivity index (χ4n) is 2.07. The van der Waals surface area contributed by atoms with Gasteiger partial charge in [-0.1, -0.05) is 30.3 Å². The van der Waals surface area contributed by atoms with Crippen LogP contribution in [0.2, 0.25) is 0 Å². The average Bonchev–Trinajstić information content (AvgIpc) is 2.41. The van der Waals surface area contributed by atoms with Crippen LogP contribution in [0.5, 0.6) is 0 Å². The summed E-state index contributed by atoms with van der Waals surface area (Å²) in [5, 5.41) is 0. The van der Waals surface area contributed by atoms with Crippen LogP contribution in [0.25, 0.3) is 0 Å². The SMILES string of the molecule is O=C(C#CBr)N1CCN(Cc2ccccc2)CC1. The van der Waals surface area contributed by atoms with Gasteiger partial charge in [0, 0.05) is 54.6 Å². The van der Waals surface area contributed by atoms with E-state index in [1.807, 2.05) is 6.07 Å². The molecule has 1 saturated heterocycles. The van der Waals surface area contributed by atoms with Crippen LogP contribution in [-0.4, -0.2) is 41.9 Å². The Morgan fingerprint density at radius 2 is 1.83 bits per heavy atom. The van der Waals surface area contributed by atoms with E-state index in [1.165, 1.54) is 5.56 Å². The van der Waals surface area contributed by atoms with E-state index in [0.717, 1.165) is 32.7 Å². The normalized spacial score (nSPS) is 15.9. The number of carbonyl (C=O) groups is 1. The Morgan fingerprint density at radius 1 is 1.17 bits per heavy atom. The van der Waals surface area contributed by atoms with E-state index in [-0.39, 0.29) is 5.91 Å². The largest absolute Gasteiger partial charge is 0.329 e. The summed E-state index contributed by atoms with van der Waals surface area (Å²) in [5.74, 6) is 2.42. The zero-order chi connectivity index (χ0) is 12.8. The van der Waals surface area contributed by atoms with Crippen molar-refractivity contribution < 1.29 is 4.79 Å². The van der Waals surface area contributed by atoms with Crippen LogP contribution in [0.1, 0.15) is 5.56 Å². The van der Waals surface area contributed by atoms with Gasteiger partial charge in [-0.2, -0.15) is 0 Å². The monoisotopic (exact) mass is 306 g/mol. The van der Waals surface area contributed by atoms with Gasteiger partial charge in [0.1, 0.15) is 0 Å². The van der Waals surface area contributed by atoms with Gasteiger partial charge in [0.2, 0.25) is 0 Å². The van der Waals surface area contributed by atoms with E-state index in [0.29, 0.717) is 0 Å². The molecule has 0 spiro atoms. The standard InChI is InChI=1S/C14H15BrN2O/c15-7-6-14(18)17-10-8-16(9-11-17)12-13-4-2-1-3-5-13/h1-5H,8-12H2. The van der Waals surface area contributed by atoms with E-state index in [1.54, 1.807) is 4.90 Å². The van der Waals surface area contributed by atoms with Crippen molar-refractivity contribution in [3.05, 3.63) is 35.9 Å². The Morgan fingerprint density at radius 3 is 2.44 bits per heavy atom. The number of hydrogen-bond donors (Lipinski definition) is 0. The van der Waals surface area contributed by atoms with Crippen LogP contribution in [0.3, 0.4) is 0 Å². The number of piperazine rings is 1. The van der Waals surface area contributed by atoms with E-state index in [2.05, 4.69) is 55.8 Å². The minimum absolute atomic E-state index is 0.0914. The zero-order valence-electron chi connectivity index (χ0n) is 10.1. The molecular formula is C14H15BrN2O. The molecule has 1 aromatic rings. The first-order valence-corrected chi connectivity index (χ1v) is 6.76. The number of benzene rings is 1. The molecule has 0 aromatic heterocycles. The molecule has 0 radical (unpaired) electrons. The van der Waals surface area contributed by atoms with Gasteiger partial charge < -0.3 is 4.90 Å². The quantitative estimate of drug-likeness (QED) is 0.776. The fourth-order valence-corrected chi connectivity index (χ4v) is 2.24. The minimum atomic E-state index is -0.0914.